The van der Waals surface area contributed by atoms with Gasteiger partial charge in [0, 0.05) is 0 Å². The molecule has 0 unspecified atom stereocenters. The number of rotatable bonds is 2. The maximum Gasteiger partial charge on any atom is 0.343 e. The van der Waals surface area contributed by atoms with Crippen molar-refractivity contribution in [1.29, 1.82) is 0 Å². The lowest BCUT2D eigenvalue weighted by Gasteiger charge is -2.11. The van der Waals surface area contributed by atoms with Crippen molar-refractivity contribution in [2.24, 2.45) is 0 Å². The second-order valence-corrected chi connectivity index (χ2v) is 4.43. The fourth-order valence-electron chi connectivity index (χ4n) is 1.91. The van der Waals surface area contributed by atoms with Crippen molar-refractivity contribution in [3.8, 4) is 5.75 Å². The topological polar surface area (TPSA) is 26.3 Å². The Bertz CT molecular complexity index is 565. The monoisotopic (exact) mass is 240 g/mol. The molecule has 0 heterocycles. The number of ether oxygens (including phenoxy) is 1. The highest BCUT2D eigenvalue weighted by Crippen LogP contribution is 2.23. The van der Waals surface area contributed by atoms with Gasteiger partial charge < -0.3 is 4.74 Å². The van der Waals surface area contributed by atoms with E-state index in [4.69, 9.17) is 4.74 Å². The molecule has 0 saturated carbocycles. The van der Waals surface area contributed by atoms with Crippen molar-refractivity contribution in [3.63, 3.8) is 0 Å². The first-order chi connectivity index (χ1) is 8.59. The van der Waals surface area contributed by atoms with Gasteiger partial charge in [-0.05, 0) is 43.5 Å². The van der Waals surface area contributed by atoms with E-state index < -0.39 is 0 Å². The molecule has 0 fully saturated rings. The van der Waals surface area contributed by atoms with Crippen LogP contribution in [0.1, 0.15) is 27.0 Å². The molecule has 18 heavy (non-hydrogen) atoms. The minimum Gasteiger partial charge on any atom is -0.422 e. The Balaban J connectivity index is 2.30. The Morgan fingerprint density at radius 2 is 1.39 bits per heavy atom. The number of aryl methyl sites for hydroxylation is 3. The summed E-state index contributed by atoms with van der Waals surface area (Å²) < 4.78 is 5.50. The van der Waals surface area contributed by atoms with Crippen LogP contribution in [0.3, 0.4) is 0 Å². The lowest BCUT2D eigenvalue weighted by molar-refractivity contribution is 0.0731. The maximum absolute atomic E-state index is 12.1. The molecule has 0 amide bonds. The van der Waals surface area contributed by atoms with Crippen molar-refractivity contribution in [1.82, 2.24) is 0 Å². The van der Waals surface area contributed by atoms with Crippen LogP contribution in [0.5, 0.6) is 5.75 Å². The lowest BCUT2D eigenvalue weighted by atomic mass is 10.1. The first kappa shape index (κ1) is 12.4. The summed E-state index contributed by atoms with van der Waals surface area (Å²) in [6, 6.07) is 13.3. The number of benzene rings is 2. The van der Waals surface area contributed by atoms with Gasteiger partial charge in [0.25, 0.3) is 0 Å². The molecule has 0 atom stereocenters. The van der Waals surface area contributed by atoms with Crippen LogP contribution in [-0.4, -0.2) is 5.97 Å². The standard InChI is InChI=1S/C16H16O2/c1-11-7-4-5-10-14(11)16(17)18-15-12(2)8-6-9-13(15)3/h4-10H,1-3H3. The third-order valence-corrected chi connectivity index (χ3v) is 2.97. The minimum absolute atomic E-state index is 0.300. The highest BCUT2D eigenvalue weighted by molar-refractivity contribution is 5.92. The van der Waals surface area contributed by atoms with Gasteiger partial charge in [0.15, 0.2) is 0 Å². The Morgan fingerprint density at radius 3 is 2.00 bits per heavy atom. The quantitative estimate of drug-likeness (QED) is 0.589. The Morgan fingerprint density at radius 1 is 0.833 bits per heavy atom. The van der Waals surface area contributed by atoms with Crippen LogP contribution in [0.4, 0.5) is 0 Å². The molecule has 2 aromatic rings. The van der Waals surface area contributed by atoms with E-state index in [0.717, 1.165) is 16.7 Å². The zero-order chi connectivity index (χ0) is 13.1. The van der Waals surface area contributed by atoms with Gasteiger partial charge >= 0.3 is 5.97 Å². The van der Waals surface area contributed by atoms with E-state index >= 15 is 0 Å². The molecule has 0 aliphatic carbocycles. The van der Waals surface area contributed by atoms with Gasteiger partial charge in [-0.3, -0.25) is 0 Å². The van der Waals surface area contributed by atoms with Crippen LogP contribution in [0.25, 0.3) is 0 Å². The van der Waals surface area contributed by atoms with Gasteiger partial charge in [-0.25, -0.2) is 4.79 Å². The smallest absolute Gasteiger partial charge is 0.343 e. The zero-order valence-electron chi connectivity index (χ0n) is 10.9. The van der Waals surface area contributed by atoms with Crippen molar-refractivity contribution in [2.75, 3.05) is 0 Å². The summed E-state index contributed by atoms with van der Waals surface area (Å²) in [5.74, 6) is 0.358. The van der Waals surface area contributed by atoms with Crippen molar-refractivity contribution in [3.05, 3.63) is 64.7 Å². The lowest BCUT2D eigenvalue weighted by Crippen LogP contribution is -2.11. The average molecular weight is 240 g/mol. The van der Waals surface area contributed by atoms with Gasteiger partial charge in [0.05, 0.1) is 5.56 Å². The predicted molar refractivity (Wildman–Crippen MR) is 72.1 cm³/mol. The summed E-state index contributed by atoms with van der Waals surface area (Å²) in [4.78, 5) is 12.1. The van der Waals surface area contributed by atoms with Gasteiger partial charge in [-0.2, -0.15) is 0 Å². The van der Waals surface area contributed by atoms with Crippen LogP contribution in [0, 0.1) is 20.8 Å². The molecule has 0 radical (unpaired) electrons. The molecular formula is C16H16O2. The van der Waals surface area contributed by atoms with Crippen LogP contribution in [0.15, 0.2) is 42.5 Å². The second kappa shape index (κ2) is 5.05. The number of hydrogen-bond acceptors (Lipinski definition) is 2. The number of carbonyl (C=O) groups is 1. The fraction of sp³-hybridized carbons (Fsp3) is 0.188. The summed E-state index contributed by atoms with van der Waals surface area (Å²) in [6.45, 7) is 5.78. The SMILES string of the molecule is Cc1ccccc1C(=O)Oc1c(C)cccc1C. The summed E-state index contributed by atoms with van der Waals surface area (Å²) in [6.07, 6.45) is 0. The highest BCUT2D eigenvalue weighted by atomic mass is 16.5. The fourth-order valence-corrected chi connectivity index (χ4v) is 1.91. The molecule has 0 aromatic heterocycles. The number of carbonyl (C=O) groups excluding carboxylic acids is 1. The molecule has 2 aromatic carbocycles. The van der Waals surface area contributed by atoms with E-state index in [9.17, 15) is 4.79 Å². The molecule has 0 aliphatic rings. The second-order valence-electron chi connectivity index (χ2n) is 4.43. The Hall–Kier alpha value is -2.09. The molecule has 0 saturated heterocycles. The van der Waals surface area contributed by atoms with E-state index in [0.29, 0.717) is 11.3 Å². The zero-order valence-corrected chi connectivity index (χ0v) is 10.9. The molecule has 0 aliphatic heterocycles. The first-order valence-corrected chi connectivity index (χ1v) is 5.93. The summed E-state index contributed by atoms with van der Waals surface area (Å²) >= 11 is 0. The Labute approximate surface area is 107 Å². The molecule has 2 rings (SSSR count). The van der Waals surface area contributed by atoms with Crippen molar-refractivity contribution >= 4 is 5.97 Å². The minimum atomic E-state index is -0.300. The van der Waals surface area contributed by atoms with Crippen molar-refractivity contribution in [2.45, 2.75) is 20.8 Å². The van der Waals surface area contributed by atoms with Crippen LogP contribution >= 0.6 is 0 Å². The Kier molecular flexibility index (Phi) is 3.47. The molecule has 0 bridgehead atoms. The van der Waals surface area contributed by atoms with Gasteiger partial charge in [-0.15, -0.1) is 0 Å². The van der Waals surface area contributed by atoms with Gasteiger partial charge in [-0.1, -0.05) is 36.4 Å². The summed E-state index contributed by atoms with van der Waals surface area (Å²) in [5.41, 5.74) is 3.47. The van der Waals surface area contributed by atoms with Crippen LogP contribution in [0.2, 0.25) is 0 Å². The van der Waals surface area contributed by atoms with Crippen molar-refractivity contribution < 1.29 is 9.53 Å². The molecule has 0 spiro atoms. The predicted octanol–water partition coefficient (Wildman–Crippen LogP) is 3.83. The third kappa shape index (κ3) is 2.43. The maximum atomic E-state index is 12.1. The van der Waals surface area contributed by atoms with E-state index in [1.165, 1.54) is 0 Å². The average Bonchev–Trinajstić information content (AvgIpc) is 2.34. The number of esters is 1. The summed E-state index contributed by atoms with van der Waals surface area (Å²) in [7, 11) is 0. The molecule has 0 N–H and O–H groups in total. The molecule has 2 nitrogen and oxygen atoms in total. The highest BCUT2D eigenvalue weighted by Gasteiger charge is 2.13. The molecule has 2 heteroatoms. The van der Waals surface area contributed by atoms with Crippen LogP contribution < -0.4 is 4.74 Å². The molecule has 92 valence electrons. The molecular weight excluding hydrogens is 224 g/mol. The van der Waals surface area contributed by atoms with E-state index in [2.05, 4.69) is 0 Å². The third-order valence-electron chi connectivity index (χ3n) is 2.97. The van der Waals surface area contributed by atoms with E-state index in [1.807, 2.05) is 57.2 Å². The van der Waals surface area contributed by atoms with Gasteiger partial charge in [0.2, 0.25) is 0 Å². The number of para-hydroxylation sites is 1. The van der Waals surface area contributed by atoms with E-state index in [-0.39, 0.29) is 5.97 Å². The first-order valence-electron chi connectivity index (χ1n) is 5.93. The van der Waals surface area contributed by atoms with Gasteiger partial charge in [0.1, 0.15) is 5.75 Å². The largest absolute Gasteiger partial charge is 0.422 e. The number of hydrogen-bond donors (Lipinski definition) is 0. The van der Waals surface area contributed by atoms with Crippen LogP contribution in [-0.2, 0) is 0 Å². The van der Waals surface area contributed by atoms with E-state index in [1.54, 1.807) is 6.07 Å². The summed E-state index contributed by atoms with van der Waals surface area (Å²) in [5, 5.41) is 0. The normalized spacial score (nSPS) is 10.2.